The number of rotatable bonds is 9. The minimum absolute atomic E-state index is 0.500. The van der Waals surface area contributed by atoms with Crippen LogP contribution in [0.2, 0.25) is 0 Å². The summed E-state index contributed by atoms with van der Waals surface area (Å²) in [6.07, 6.45) is 3.53. The van der Waals surface area contributed by atoms with Crippen LogP contribution in [0.5, 0.6) is 0 Å². The molecule has 12 nitrogen and oxygen atoms in total. The van der Waals surface area contributed by atoms with Crippen LogP contribution in [0.3, 0.4) is 0 Å². The maximum atomic E-state index is 4.70. The monoisotopic (exact) mass is 698 g/mol. The molecule has 16 heteroatoms. The van der Waals surface area contributed by atoms with Crippen LogP contribution in [0.1, 0.15) is 13.8 Å². The van der Waals surface area contributed by atoms with Crippen molar-refractivity contribution in [3.05, 3.63) is 69.9 Å². The van der Waals surface area contributed by atoms with Crippen molar-refractivity contribution in [2.24, 2.45) is 0 Å². The quantitative estimate of drug-likeness (QED) is 0.173. The third-order valence-electron chi connectivity index (χ3n) is 5.71. The zero-order valence-corrected chi connectivity index (χ0v) is 25.9. The van der Waals surface area contributed by atoms with Gasteiger partial charge >= 0.3 is 0 Å². The first-order valence-corrected chi connectivity index (χ1v) is 15.9. The second-order valence-corrected chi connectivity index (χ2v) is 12.2. The van der Waals surface area contributed by atoms with Gasteiger partial charge in [0.2, 0.25) is 11.6 Å². The van der Waals surface area contributed by atoms with Gasteiger partial charge in [0.15, 0.2) is 0 Å². The second kappa shape index (κ2) is 11.6. The highest BCUT2D eigenvalue weighted by atomic mass is 79.9. The van der Waals surface area contributed by atoms with E-state index in [0.29, 0.717) is 24.7 Å². The minimum Gasteiger partial charge on any atom is -0.226 e. The fraction of sp³-hybridized carbons (Fsp3) is 0.167. The van der Waals surface area contributed by atoms with Crippen LogP contribution < -0.4 is 0 Å². The van der Waals surface area contributed by atoms with Gasteiger partial charge in [-0.15, -0.1) is 20.4 Å². The molecule has 0 aliphatic heterocycles. The first-order chi connectivity index (χ1) is 19.5. The van der Waals surface area contributed by atoms with Gasteiger partial charge in [-0.1, -0.05) is 44.0 Å². The van der Waals surface area contributed by atoms with E-state index in [2.05, 4.69) is 62.7 Å². The minimum atomic E-state index is 0.500. The Morgan fingerprint density at radius 3 is 1.50 bits per heavy atom. The topological polar surface area (TPSA) is 123 Å². The molecule has 0 saturated heterocycles. The molecule has 0 saturated carbocycles. The average molecular weight is 700 g/mol. The highest BCUT2D eigenvalue weighted by Crippen LogP contribution is 2.45. The Balaban J connectivity index is 1.45. The number of halogens is 2. The zero-order chi connectivity index (χ0) is 27.6. The largest absolute Gasteiger partial charge is 0.226 e. The van der Waals surface area contributed by atoms with Crippen LogP contribution >= 0.6 is 53.4 Å². The maximum absolute atomic E-state index is 4.70. The fourth-order valence-electron chi connectivity index (χ4n) is 3.77. The number of tetrazole rings is 2. The molecule has 0 aliphatic carbocycles. The SMILES string of the molecule is CCn1nnc(-c2cnn(-c3cccc(Br)c3)c2SSc2c(-c3nnn(CC)n3)cnn2-c2cccc(Br)c2)n1. The molecule has 6 aromatic rings. The van der Waals surface area contributed by atoms with Gasteiger partial charge < -0.3 is 0 Å². The van der Waals surface area contributed by atoms with Crippen molar-refractivity contribution in [3.63, 3.8) is 0 Å². The summed E-state index contributed by atoms with van der Waals surface area (Å²) >= 11 is 7.15. The first-order valence-electron chi connectivity index (χ1n) is 12.1. The molecular weight excluding hydrogens is 680 g/mol. The van der Waals surface area contributed by atoms with Crippen molar-refractivity contribution in [2.45, 2.75) is 37.0 Å². The molecule has 0 bridgehead atoms. The summed E-state index contributed by atoms with van der Waals surface area (Å²) in [6, 6.07) is 15.9. The summed E-state index contributed by atoms with van der Waals surface area (Å²) in [4.78, 5) is 3.10. The van der Waals surface area contributed by atoms with E-state index in [-0.39, 0.29) is 0 Å². The molecule has 6 rings (SSSR count). The van der Waals surface area contributed by atoms with Crippen LogP contribution in [-0.2, 0) is 13.1 Å². The molecule has 40 heavy (non-hydrogen) atoms. The smallest absolute Gasteiger partial charge is 0.209 e. The number of aromatic nitrogens is 12. The average Bonchev–Trinajstić information content (AvgIpc) is 3.76. The van der Waals surface area contributed by atoms with Gasteiger partial charge in [-0.2, -0.15) is 19.8 Å². The van der Waals surface area contributed by atoms with Gasteiger partial charge in [0.25, 0.3) is 0 Å². The van der Waals surface area contributed by atoms with Gasteiger partial charge in [0, 0.05) is 8.95 Å². The predicted octanol–water partition coefficient (Wildman–Crippen LogP) is 5.73. The lowest BCUT2D eigenvalue weighted by Gasteiger charge is -2.11. The molecule has 0 atom stereocenters. The molecule has 2 aromatic carbocycles. The zero-order valence-electron chi connectivity index (χ0n) is 21.1. The molecule has 0 unspecified atom stereocenters. The van der Waals surface area contributed by atoms with Gasteiger partial charge in [-0.25, -0.2) is 9.36 Å². The summed E-state index contributed by atoms with van der Waals surface area (Å²) in [5.41, 5.74) is 3.31. The summed E-state index contributed by atoms with van der Waals surface area (Å²) in [7, 11) is 3.03. The summed E-state index contributed by atoms with van der Waals surface area (Å²) in [6.45, 7) is 5.17. The van der Waals surface area contributed by atoms with Crippen LogP contribution in [0.15, 0.2) is 79.9 Å². The van der Waals surface area contributed by atoms with Gasteiger partial charge in [-0.3, -0.25) is 0 Å². The molecule has 0 aliphatic rings. The van der Waals surface area contributed by atoms with Crippen LogP contribution in [-0.4, -0.2) is 60.0 Å². The highest BCUT2D eigenvalue weighted by molar-refractivity contribution is 9.10. The lowest BCUT2D eigenvalue weighted by molar-refractivity contribution is 0.552. The van der Waals surface area contributed by atoms with Crippen LogP contribution in [0.25, 0.3) is 34.2 Å². The Hall–Kier alpha value is -3.34. The number of aryl methyl sites for hydroxylation is 2. The molecule has 0 N–H and O–H groups in total. The number of nitrogens with zero attached hydrogens (tertiary/aromatic N) is 12. The van der Waals surface area contributed by atoms with Crippen molar-refractivity contribution in [1.82, 2.24) is 60.0 Å². The first kappa shape index (κ1) is 26.9. The van der Waals surface area contributed by atoms with Crippen molar-refractivity contribution < 1.29 is 0 Å². The van der Waals surface area contributed by atoms with E-state index in [4.69, 9.17) is 10.2 Å². The number of benzene rings is 2. The van der Waals surface area contributed by atoms with Gasteiger partial charge in [0.1, 0.15) is 10.1 Å². The van der Waals surface area contributed by atoms with E-state index in [1.165, 1.54) is 21.6 Å². The molecule has 0 fully saturated rings. The molecule has 4 aromatic heterocycles. The molecular formula is C24H20Br2N12S2. The van der Waals surface area contributed by atoms with E-state index in [1.54, 1.807) is 22.0 Å². The van der Waals surface area contributed by atoms with Crippen molar-refractivity contribution in [2.75, 3.05) is 0 Å². The molecule has 202 valence electrons. The van der Waals surface area contributed by atoms with E-state index in [0.717, 1.165) is 41.5 Å². The lowest BCUT2D eigenvalue weighted by Crippen LogP contribution is -2.00. The van der Waals surface area contributed by atoms with Crippen LogP contribution in [0.4, 0.5) is 0 Å². The van der Waals surface area contributed by atoms with E-state index >= 15 is 0 Å². The van der Waals surface area contributed by atoms with Crippen LogP contribution in [0, 0.1) is 0 Å². The Labute approximate surface area is 253 Å². The van der Waals surface area contributed by atoms with Crippen molar-refractivity contribution in [1.29, 1.82) is 0 Å². The Kier molecular flexibility index (Phi) is 7.82. The third kappa shape index (κ3) is 5.35. The molecule has 4 heterocycles. The maximum Gasteiger partial charge on any atom is 0.209 e. The van der Waals surface area contributed by atoms with Gasteiger partial charge in [-0.05, 0) is 82.3 Å². The standard InChI is InChI=1S/C24H20Br2N12S2/c1-3-35-31-21(29-33-35)19-13-27-37(17-9-5-7-15(25)11-17)23(19)39-40-24-20(22-30-34-36(4-2)32-22)14-28-38(24)18-10-6-8-16(26)12-18/h5-14H,3-4H2,1-2H3. The van der Waals surface area contributed by atoms with Crippen molar-refractivity contribution >= 4 is 53.4 Å². The molecule has 0 radical (unpaired) electrons. The fourth-order valence-corrected chi connectivity index (χ4v) is 7.06. The second-order valence-electron chi connectivity index (χ2n) is 8.28. The van der Waals surface area contributed by atoms with E-state index in [9.17, 15) is 0 Å². The Morgan fingerprint density at radius 2 is 1.12 bits per heavy atom. The summed E-state index contributed by atoms with van der Waals surface area (Å²) in [5.74, 6) is 0.999. The molecule has 0 spiro atoms. The molecule has 0 amide bonds. The Morgan fingerprint density at radius 1 is 0.675 bits per heavy atom. The Bertz CT molecular complexity index is 1660. The highest BCUT2D eigenvalue weighted by Gasteiger charge is 2.24. The lowest BCUT2D eigenvalue weighted by atomic mass is 10.3. The number of hydrogen-bond donors (Lipinski definition) is 0. The third-order valence-corrected chi connectivity index (χ3v) is 9.08. The van der Waals surface area contributed by atoms with E-state index in [1.807, 2.05) is 71.7 Å². The van der Waals surface area contributed by atoms with E-state index < -0.39 is 0 Å². The van der Waals surface area contributed by atoms with Crippen molar-refractivity contribution in [3.8, 4) is 34.2 Å². The number of hydrogen-bond acceptors (Lipinski definition) is 10. The van der Waals surface area contributed by atoms with Gasteiger partial charge in [0.05, 0.1) is 48.0 Å². The predicted molar refractivity (Wildman–Crippen MR) is 159 cm³/mol. The summed E-state index contributed by atoms with van der Waals surface area (Å²) in [5, 5.41) is 37.0. The summed E-state index contributed by atoms with van der Waals surface area (Å²) < 4.78 is 5.63. The normalized spacial score (nSPS) is 11.4.